The number of carbonyl (C=O) groups excluding carboxylic acids is 1. The summed E-state index contributed by atoms with van der Waals surface area (Å²) >= 11 is 0. The normalized spacial score (nSPS) is 12.7. The van der Waals surface area contributed by atoms with E-state index < -0.39 is 0 Å². The first kappa shape index (κ1) is 13.8. The smallest absolute Gasteiger partial charge is 0.218 e. The maximum atomic E-state index is 11.1. The minimum atomic E-state index is -0.212. The fraction of sp³-hybridized carbons (Fsp3) is 0.533. The summed E-state index contributed by atoms with van der Waals surface area (Å²) in [4.78, 5) is 11.1. The number of hydrogen-bond acceptors (Lipinski definition) is 1. The maximum absolute atomic E-state index is 11.1. The van der Waals surface area contributed by atoms with Gasteiger partial charge >= 0.3 is 0 Å². The van der Waals surface area contributed by atoms with Crippen molar-refractivity contribution < 1.29 is 4.79 Å². The predicted octanol–water partition coefficient (Wildman–Crippen LogP) is 3.57. The van der Waals surface area contributed by atoms with Gasteiger partial charge in [-0.15, -0.1) is 0 Å². The van der Waals surface area contributed by atoms with Crippen molar-refractivity contribution in [3.8, 4) is 0 Å². The van der Waals surface area contributed by atoms with Crippen molar-refractivity contribution in [1.82, 2.24) is 0 Å². The van der Waals surface area contributed by atoms with Crippen LogP contribution < -0.4 is 5.73 Å². The van der Waals surface area contributed by atoms with Gasteiger partial charge in [-0.05, 0) is 29.4 Å². The van der Waals surface area contributed by atoms with E-state index in [9.17, 15) is 4.79 Å². The lowest BCUT2D eigenvalue weighted by atomic mass is 9.89. The van der Waals surface area contributed by atoms with E-state index in [-0.39, 0.29) is 11.8 Å². The van der Waals surface area contributed by atoms with E-state index in [1.165, 1.54) is 11.1 Å². The van der Waals surface area contributed by atoms with Crippen LogP contribution in [0.3, 0.4) is 0 Å². The van der Waals surface area contributed by atoms with Crippen LogP contribution in [0, 0.1) is 0 Å². The Labute approximate surface area is 104 Å². The van der Waals surface area contributed by atoms with Crippen LogP contribution >= 0.6 is 0 Å². The summed E-state index contributed by atoms with van der Waals surface area (Å²) in [5.41, 5.74) is 7.87. The quantitative estimate of drug-likeness (QED) is 0.802. The van der Waals surface area contributed by atoms with Gasteiger partial charge in [-0.1, -0.05) is 51.5 Å². The summed E-state index contributed by atoms with van der Waals surface area (Å²) in [6, 6.07) is 8.59. The molecule has 2 nitrogen and oxygen atoms in total. The third-order valence-corrected chi connectivity index (χ3v) is 3.16. The fourth-order valence-corrected chi connectivity index (χ4v) is 2.13. The van der Waals surface area contributed by atoms with Gasteiger partial charge in [-0.2, -0.15) is 0 Å². The highest BCUT2D eigenvalue weighted by Crippen LogP contribution is 2.26. The number of hydrogen-bond donors (Lipinski definition) is 1. The van der Waals surface area contributed by atoms with E-state index in [4.69, 9.17) is 5.73 Å². The van der Waals surface area contributed by atoms with Crippen molar-refractivity contribution in [2.45, 2.75) is 51.9 Å². The predicted molar refractivity (Wildman–Crippen MR) is 72.0 cm³/mol. The molecule has 0 aromatic heterocycles. The third kappa shape index (κ3) is 4.22. The molecule has 94 valence electrons. The molecule has 0 fully saturated rings. The molecule has 1 aromatic rings. The monoisotopic (exact) mass is 233 g/mol. The molecule has 1 atom stereocenters. The lowest BCUT2D eigenvalue weighted by Crippen LogP contribution is -2.15. The van der Waals surface area contributed by atoms with Gasteiger partial charge in [0.1, 0.15) is 0 Å². The molecular formula is C15H23NO. The number of rotatable bonds is 6. The number of amides is 1. The van der Waals surface area contributed by atoms with Gasteiger partial charge in [0.25, 0.3) is 0 Å². The average Bonchev–Trinajstić information content (AvgIpc) is 2.28. The molecule has 0 saturated heterocycles. The molecule has 0 bridgehead atoms. The van der Waals surface area contributed by atoms with Gasteiger partial charge in [0, 0.05) is 6.42 Å². The van der Waals surface area contributed by atoms with Crippen molar-refractivity contribution >= 4 is 5.91 Å². The van der Waals surface area contributed by atoms with Crippen molar-refractivity contribution in [2.24, 2.45) is 5.73 Å². The molecule has 0 spiro atoms. The number of benzene rings is 1. The zero-order valence-corrected chi connectivity index (χ0v) is 11.1. The first-order valence-electron chi connectivity index (χ1n) is 6.42. The Balaban J connectivity index is 2.83. The molecule has 0 aliphatic rings. The number of nitrogens with two attached hydrogens (primary N) is 1. The zero-order chi connectivity index (χ0) is 12.8. The molecule has 17 heavy (non-hydrogen) atoms. The van der Waals surface area contributed by atoms with Crippen LogP contribution in [0.15, 0.2) is 24.3 Å². The highest BCUT2D eigenvalue weighted by molar-refractivity contribution is 5.74. The highest BCUT2D eigenvalue weighted by Gasteiger charge is 2.13. The molecule has 1 unspecified atom stereocenters. The van der Waals surface area contributed by atoms with Crippen LogP contribution in [0.4, 0.5) is 0 Å². The molecule has 0 saturated carbocycles. The molecule has 2 N–H and O–H groups in total. The standard InChI is InChI=1S/C15H23NO/c1-4-5-14(10-15(16)17)13-8-6-12(7-9-13)11(2)3/h6-9,11,14H,4-5,10H2,1-3H3,(H2,16,17). The van der Waals surface area contributed by atoms with Gasteiger partial charge < -0.3 is 5.73 Å². The van der Waals surface area contributed by atoms with E-state index in [1.54, 1.807) is 0 Å². The molecule has 1 amide bonds. The van der Waals surface area contributed by atoms with E-state index >= 15 is 0 Å². The van der Waals surface area contributed by atoms with Crippen LogP contribution in [-0.4, -0.2) is 5.91 Å². The summed E-state index contributed by atoms with van der Waals surface area (Å²) < 4.78 is 0. The Morgan fingerprint density at radius 2 is 1.71 bits per heavy atom. The molecule has 0 radical (unpaired) electrons. The summed E-state index contributed by atoms with van der Waals surface area (Å²) in [5.74, 6) is 0.611. The SMILES string of the molecule is CCCC(CC(N)=O)c1ccc(C(C)C)cc1. The van der Waals surface area contributed by atoms with Crippen molar-refractivity contribution in [1.29, 1.82) is 0 Å². The van der Waals surface area contributed by atoms with Crippen LogP contribution in [-0.2, 0) is 4.79 Å². The molecular weight excluding hydrogens is 210 g/mol. The van der Waals surface area contributed by atoms with E-state index in [0.29, 0.717) is 12.3 Å². The first-order chi connectivity index (χ1) is 8.04. The Morgan fingerprint density at radius 3 is 2.12 bits per heavy atom. The Morgan fingerprint density at radius 1 is 1.18 bits per heavy atom. The van der Waals surface area contributed by atoms with Crippen molar-refractivity contribution in [2.75, 3.05) is 0 Å². The second-order valence-corrected chi connectivity index (χ2v) is 4.98. The summed E-state index contributed by atoms with van der Waals surface area (Å²) in [7, 11) is 0. The molecule has 2 heteroatoms. The van der Waals surface area contributed by atoms with Gasteiger partial charge in [0.05, 0.1) is 0 Å². The van der Waals surface area contributed by atoms with Gasteiger partial charge in [0.2, 0.25) is 5.91 Å². The topological polar surface area (TPSA) is 43.1 Å². The van der Waals surface area contributed by atoms with E-state index in [1.807, 2.05) is 0 Å². The summed E-state index contributed by atoms with van der Waals surface area (Å²) in [5, 5.41) is 0. The second-order valence-electron chi connectivity index (χ2n) is 4.98. The molecule has 0 aliphatic heterocycles. The van der Waals surface area contributed by atoms with Crippen LogP contribution in [0.2, 0.25) is 0 Å². The Kier molecular flexibility index (Phi) is 5.20. The number of carbonyl (C=O) groups is 1. The van der Waals surface area contributed by atoms with Crippen LogP contribution in [0.1, 0.15) is 63.0 Å². The minimum Gasteiger partial charge on any atom is -0.370 e. The molecule has 0 aliphatic carbocycles. The first-order valence-corrected chi connectivity index (χ1v) is 6.42. The van der Waals surface area contributed by atoms with Crippen LogP contribution in [0.25, 0.3) is 0 Å². The minimum absolute atomic E-state index is 0.212. The van der Waals surface area contributed by atoms with E-state index in [0.717, 1.165) is 12.8 Å². The lowest BCUT2D eigenvalue weighted by Gasteiger charge is -2.16. The van der Waals surface area contributed by atoms with Crippen molar-refractivity contribution in [3.05, 3.63) is 35.4 Å². The largest absolute Gasteiger partial charge is 0.370 e. The highest BCUT2D eigenvalue weighted by atomic mass is 16.1. The van der Waals surface area contributed by atoms with Gasteiger partial charge in [-0.3, -0.25) is 4.79 Å². The zero-order valence-electron chi connectivity index (χ0n) is 11.1. The van der Waals surface area contributed by atoms with Gasteiger partial charge in [-0.25, -0.2) is 0 Å². The molecule has 1 rings (SSSR count). The van der Waals surface area contributed by atoms with Gasteiger partial charge in [0.15, 0.2) is 0 Å². The Hall–Kier alpha value is -1.31. The number of primary amides is 1. The average molecular weight is 233 g/mol. The second kappa shape index (κ2) is 6.43. The third-order valence-electron chi connectivity index (χ3n) is 3.16. The maximum Gasteiger partial charge on any atom is 0.218 e. The van der Waals surface area contributed by atoms with Crippen molar-refractivity contribution in [3.63, 3.8) is 0 Å². The Bertz CT molecular complexity index is 354. The van der Waals surface area contributed by atoms with E-state index in [2.05, 4.69) is 45.0 Å². The fourth-order valence-electron chi connectivity index (χ4n) is 2.13. The van der Waals surface area contributed by atoms with Crippen LogP contribution in [0.5, 0.6) is 0 Å². The summed E-state index contributed by atoms with van der Waals surface area (Å²) in [6.07, 6.45) is 2.54. The lowest BCUT2D eigenvalue weighted by molar-refractivity contribution is -0.118. The molecule has 1 aromatic carbocycles. The molecule has 0 heterocycles. The summed E-state index contributed by atoms with van der Waals surface area (Å²) in [6.45, 7) is 6.50.